The largest absolute Gasteiger partial charge is 0.508 e. The zero-order chi connectivity index (χ0) is 56.2. The number of primary amides is 3. The van der Waals surface area contributed by atoms with Crippen LogP contribution in [0.2, 0.25) is 0 Å². The van der Waals surface area contributed by atoms with Gasteiger partial charge < -0.3 is 74.8 Å². The van der Waals surface area contributed by atoms with Crippen molar-refractivity contribution in [2.45, 2.75) is 127 Å². The van der Waals surface area contributed by atoms with Gasteiger partial charge in [-0.3, -0.25) is 52.7 Å². The number of fused-ring (bicyclic) bond motifs is 3. The van der Waals surface area contributed by atoms with Crippen molar-refractivity contribution in [3.05, 3.63) is 65.2 Å². The Bertz CT molecular complexity index is 2430. The summed E-state index contributed by atoms with van der Waals surface area (Å²) in [6.07, 6.45) is -1.38. The van der Waals surface area contributed by atoms with E-state index < -0.39 is 151 Å². The smallest absolute Gasteiger partial charge is 0.247 e. The summed E-state index contributed by atoms with van der Waals surface area (Å²) in [5, 5.41) is 40.2. The third kappa shape index (κ3) is 19.6. The van der Waals surface area contributed by atoms with Crippen LogP contribution >= 0.6 is 21.6 Å². The predicted molar refractivity (Wildman–Crippen MR) is 280 cm³/mol. The van der Waals surface area contributed by atoms with Crippen LogP contribution in [-0.2, 0) is 72.3 Å². The Morgan fingerprint density at radius 3 is 2.05 bits per heavy atom. The first-order valence-electron chi connectivity index (χ1n) is 24.7. The zero-order valence-electron chi connectivity index (χ0n) is 42.8. The number of hydrogen-bond acceptors (Lipinski definition) is 16. The molecule has 25 nitrogen and oxygen atoms in total. The minimum absolute atomic E-state index is 0.0372. The summed E-state index contributed by atoms with van der Waals surface area (Å²) in [5.74, 6) is -10.5. The predicted octanol–water partition coefficient (Wildman–Crippen LogP) is -3.07. The van der Waals surface area contributed by atoms with Crippen molar-refractivity contribution in [1.82, 2.24) is 47.4 Å². The number of hydrogen-bond donors (Lipinski definition) is 13. The second-order valence-corrected chi connectivity index (χ2v) is 21.7. The fourth-order valence-corrected chi connectivity index (χ4v) is 11.0. The molecule has 76 heavy (non-hydrogen) atoms. The normalized spacial score (nSPS) is 22.6. The van der Waals surface area contributed by atoms with E-state index in [0.29, 0.717) is 23.1 Å². The molecule has 2 aromatic rings. The van der Waals surface area contributed by atoms with Crippen LogP contribution in [0.3, 0.4) is 0 Å². The second-order valence-electron chi connectivity index (χ2n) is 19.1. The quantitative estimate of drug-likeness (QED) is 0.0552. The first-order valence-corrected chi connectivity index (χ1v) is 27.1. The van der Waals surface area contributed by atoms with Gasteiger partial charge in [0.2, 0.25) is 65.0 Å². The highest BCUT2D eigenvalue weighted by Gasteiger charge is 2.41. The van der Waals surface area contributed by atoms with E-state index in [0.717, 1.165) is 26.5 Å². The Kier molecular flexibility index (Phi) is 24.3. The number of phenols is 1. The van der Waals surface area contributed by atoms with E-state index in [9.17, 15) is 58.2 Å². The van der Waals surface area contributed by atoms with E-state index in [4.69, 9.17) is 17.2 Å². The maximum Gasteiger partial charge on any atom is 0.247 e. The standard InChI is InChI=1S/C49H70N12O13S2/c1-5-26(4)41-48(73)56-31(13-14-37(50)64)44(69)58-34(18-38(51)65)46(71)60-42(36-19-53-35(24-75-76-36)47(72)57-33(45(70)59-41)17-27-9-11-30(63)12-10-27)49(74)61(21-28-7-6-8-29(16-28)23-62)22-40(67)55-32(15-25(2)3)43(68)54-20-39(52)66/h6-12,16,25-26,31-36,41-42,53,62-63H,5,13-15,17-24H2,1-4H3,(H2,50,64)(H2,51,65)(H2,52,66)(H,54,68)(H,55,67)(H,56,73)(H,57,72)(H,58,69)(H,59,70)(H,60,71)/t26-,31-,32-,33-,34-,35-,36?,41-,42-/m0/s1. The number of phenolic OH excluding ortho intramolecular Hbond substituents is 1. The first kappa shape index (κ1) is 61.6. The number of aromatic hydroxyl groups is 1. The number of amides is 11. The molecular formula is C49H70N12O13S2. The minimum atomic E-state index is -1.83. The summed E-state index contributed by atoms with van der Waals surface area (Å²) < 4.78 is 0. The number of aliphatic hydroxyl groups is 1. The van der Waals surface area contributed by atoms with E-state index in [2.05, 4.69) is 42.5 Å². The molecule has 2 fully saturated rings. The monoisotopic (exact) mass is 1100 g/mol. The van der Waals surface area contributed by atoms with Gasteiger partial charge in [-0.15, -0.1) is 0 Å². The van der Waals surface area contributed by atoms with E-state index in [1.54, 1.807) is 64.1 Å². The van der Waals surface area contributed by atoms with E-state index >= 15 is 4.79 Å². The lowest BCUT2D eigenvalue weighted by Crippen LogP contribution is -2.62. The Morgan fingerprint density at radius 2 is 1.42 bits per heavy atom. The maximum absolute atomic E-state index is 15.3. The average Bonchev–Trinajstić information content (AvgIpc) is 3.63. The van der Waals surface area contributed by atoms with Crippen molar-refractivity contribution in [2.24, 2.45) is 29.0 Å². The van der Waals surface area contributed by atoms with Crippen LogP contribution < -0.4 is 59.7 Å². The van der Waals surface area contributed by atoms with Gasteiger partial charge in [0.25, 0.3) is 0 Å². The molecule has 1 unspecified atom stereocenters. The zero-order valence-corrected chi connectivity index (χ0v) is 44.4. The number of nitrogens with zero attached hydrogens (tertiary/aromatic N) is 1. The van der Waals surface area contributed by atoms with Crippen molar-refractivity contribution in [3.63, 3.8) is 0 Å². The third-order valence-corrected chi connectivity index (χ3v) is 15.2. The van der Waals surface area contributed by atoms with Gasteiger partial charge in [-0.1, -0.05) is 92.1 Å². The number of carbonyl (C=O) groups excluding carboxylic acids is 11. The van der Waals surface area contributed by atoms with E-state index in [-0.39, 0.29) is 50.0 Å². The number of nitrogens with one attached hydrogen (secondary N) is 8. The van der Waals surface area contributed by atoms with Crippen molar-refractivity contribution in [3.8, 4) is 5.75 Å². The first-order chi connectivity index (χ1) is 36.0. The minimum Gasteiger partial charge on any atom is -0.508 e. The lowest BCUT2D eigenvalue weighted by molar-refractivity contribution is -0.141. The summed E-state index contributed by atoms with van der Waals surface area (Å²) in [6, 6.07) is 2.32. The van der Waals surface area contributed by atoms with Gasteiger partial charge in [0.1, 0.15) is 42.0 Å². The number of nitrogens with two attached hydrogens (primary N) is 3. The van der Waals surface area contributed by atoms with Crippen LogP contribution in [-0.4, -0.2) is 153 Å². The highest BCUT2D eigenvalue weighted by molar-refractivity contribution is 8.77. The van der Waals surface area contributed by atoms with Crippen LogP contribution in [0.25, 0.3) is 0 Å². The fourth-order valence-electron chi connectivity index (χ4n) is 8.13. The van der Waals surface area contributed by atoms with Crippen LogP contribution in [0.15, 0.2) is 48.5 Å². The van der Waals surface area contributed by atoms with Crippen LogP contribution in [0, 0.1) is 11.8 Å². The molecule has 2 aliphatic heterocycles. The summed E-state index contributed by atoms with van der Waals surface area (Å²) >= 11 is 0. The second kappa shape index (κ2) is 29.9. The van der Waals surface area contributed by atoms with Crippen LogP contribution in [0.5, 0.6) is 5.75 Å². The molecule has 2 aliphatic rings. The molecule has 2 saturated heterocycles. The molecular weight excluding hydrogens is 1030 g/mol. The highest BCUT2D eigenvalue weighted by atomic mass is 33.1. The number of carbonyl (C=O) groups is 11. The molecule has 27 heteroatoms. The van der Waals surface area contributed by atoms with E-state index in [1.807, 2.05) is 0 Å². The fraction of sp³-hybridized carbons (Fsp3) is 0.531. The molecule has 0 aliphatic carbocycles. The molecule has 0 aromatic heterocycles. The molecule has 9 atom stereocenters. The van der Waals surface area contributed by atoms with E-state index in [1.165, 1.54) is 12.1 Å². The molecule has 0 spiro atoms. The molecule has 0 saturated carbocycles. The summed E-state index contributed by atoms with van der Waals surface area (Å²) in [7, 11) is 2.21. The number of benzene rings is 2. The third-order valence-electron chi connectivity index (χ3n) is 12.4. The van der Waals surface area contributed by atoms with Crippen molar-refractivity contribution >= 4 is 86.6 Å². The lowest BCUT2D eigenvalue weighted by Gasteiger charge is -2.33. The SMILES string of the molecule is CC[C@H](C)[C@@H]1NC(=O)[C@H](Cc2ccc(O)cc2)NC(=O)[C@@H]2CSSC(CN2)[C@@H](C(=O)N(CC(=O)N[C@@H](CC(C)C)C(=O)NCC(N)=O)Cc2cccc(CO)c2)NC(=O)[C@H](CC(N)=O)NC(=O)[C@H](CCC(N)=O)NC1=O. The average molecular weight is 1100 g/mol. The Morgan fingerprint density at radius 1 is 0.776 bits per heavy atom. The van der Waals surface area contributed by atoms with Gasteiger partial charge in [0.05, 0.1) is 37.4 Å². The van der Waals surface area contributed by atoms with Crippen LogP contribution in [0.4, 0.5) is 0 Å². The summed E-state index contributed by atoms with van der Waals surface area (Å²) in [4.78, 5) is 152. The highest BCUT2D eigenvalue weighted by Crippen LogP contribution is 2.33. The van der Waals surface area contributed by atoms with Gasteiger partial charge in [-0.2, -0.15) is 0 Å². The van der Waals surface area contributed by atoms with Gasteiger partial charge >= 0.3 is 0 Å². The summed E-state index contributed by atoms with van der Waals surface area (Å²) in [6.45, 7) is 4.85. The van der Waals surface area contributed by atoms with Crippen LogP contribution in [0.1, 0.15) is 76.5 Å². The molecule has 416 valence electrons. The molecule has 2 bridgehead atoms. The molecule has 16 N–H and O–H groups in total. The Hall–Kier alpha value is -6.97. The van der Waals surface area contributed by atoms with Crippen molar-refractivity contribution in [2.75, 3.05) is 25.4 Å². The number of rotatable bonds is 21. The molecule has 4 rings (SSSR count). The lowest BCUT2D eigenvalue weighted by atomic mass is 9.96. The topological polar surface area (TPSA) is 406 Å². The van der Waals surface area contributed by atoms with Gasteiger partial charge in [-0.25, -0.2) is 0 Å². The Labute approximate surface area is 447 Å². The van der Waals surface area contributed by atoms with Gasteiger partial charge in [0, 0.05) is 31.7 Å². The molecule has 11 amide bonds. The summed E-state index contributed by atoms with van der Waals surface area (Å²) in [5.41, 5.74) is 17.7. The van der Waals surface area contributed by atoms with Crippen molar-refractivity contribution in [1.29, 1.82) is 0 Å². The molecule has 0 radical (unpaired) electrons. The Balaban J connectivity index is 1.86. The molecule has 2 heterocycles. The van der Waals surface area contributed by atoms with Crippen molar-refractivity contribution < 1.29 is 63.0 Å². The molecule has 2 aromatic carbocycles. The number of aliphatic hydroxyl groups excluding tert-OH is 1. The van der Waals surface area contributed by atoms with Gasteiger partial charge in [-0.05, 0) is 53.5 Å². The van der Waals surface area contributed by atoms with Gasteiger partial charge in [0.15, 0.2) is 0 Å². The maximum atomic E-state index is 15.3.